The first-order chi connectivity index (χ1) is 7.69. The van der Waals surface area contributed by atoms with Gasteiger partial charge in [-0.3, -0.25) is 9.80 Å². The van der Waals surface area contributed by atoms with Gasteiger partial charge in [-0.2, -0.15) is 0 Å². The standard InChI is InChI=1S/C10H22N2O2.C2H6/c1-9-7-12(4-6-14)10(2)8-11(9)3-5-13;1-2/h9-10,13-14H,3-8H2,1-2H3;1-2H3. The summed E-state index contributed by atoms with van der Waals surface area (Å²) in [7, 11) is 0. The van der Waals surface area contributed by atoms with E-state index >= 15 is 0 Å². The molecule has 1 fully saturated rings. The van der Waals surface area contributed by atoms with Gasteiger partial charge in [0.25, 0.3) is 0 Å². The highest BCUT2D eigenvalue weighted by molar-refractivity contribution is 4.84. The van der Waals surface area contributed by atoms with Crippen LogP contribution in [-0.4, -0.2) is 71.5 Å². The highest BCUT2D eigenvalue weighted by atomic mass is 16.3. The van der Waals surface area contributed by atoms with E-state index in [4.69, 9.17) is 10.2 Å². The van der Waals surface area contributed by atoms with Gasteiger partial charge in [-0.15, -0.1) is 0 Å². The minimum atomic E-state index is 0.233. The largest absolute Gasteiger partial charge is 0.395 e. The third kappa shape index (κ3) is 4.78. The van der Waals surface area contributed by atoms with Crippen molar-refractivity contribution in [2.75, 3.05) is 39.4 Å². The molecule has 4 heteroatoms. The molecule has 0 aliphatic carbocycles. The van der Waals surface area contributed by atoms with Crippen molar-refractivity contribution < 1.29 is 10.2 Å². The number of aliphatic hydroxyl groups is 2. The Bertz CT molecular complexity index is 149. The Labute approximate surface area is 99.9 Å². The van der Waals surface area contributed by atoms with Crippen LogP contribution < -0.4 is 0 Å². The van der Waals surface area contributed by atoms with Crippen molar-refractivity contribution in [3.05, 3.63) is 0 Å². The molecule has 1 aliphatic heterocycles. The molecule has 1 aliphatic rings. The maximum absolute atomic E-state index is 8.90. The molecular formula is C12H28N2O2. The molecule has 0 aromatic heterocycles. The smallest absolute Gasteiger partial charge is 0.0558 e. The lowest BCUT2D eigenvalue weighted by Gasteiger charge is -2.43. The zero-order chi connectivity index (χ0) is 12.6. The second kappa shape index (κ2) is 8.93. The van der Waals surface area contributed by atoms with Crippen LogP contribution >= 0.6 is 0 Å². The van der Waals surface area contributed by atoms with E-state index < -0.39 is 0 Å². The van der Waals surface area contributed by atoms with E-state index in [2.05, 4.69) is 23.6 Å². The van der Waals surface area contributed by atoms with Crippen LogP contribution in [0.15, 0.2) is 0 Å². The number of hydrogen-bond donors (Lipinski definition) is 2. The lowest BCUT2D eigenvalue weighted by atomic mass is 10.1. The second-order valence-electron chi connectivity index (χ2n) is 4.14. The number of β-amino-alcohol motifs (C(OH)–C–C–N with tert-alkyl or cyclic N) is 2. The fourth-order valence-corrected chi connectivity index (χ4v) is 2.15. The molecule has 1 rings (SSSR count). The summed E-state index contributed by atoms with van der Waals surface area (Å²) in [5.74, 6) is 0. The summed E-state index contributed by atoms with van der Waals surface area (Å²) in [5, 5.41) is 17.8. The lowest BCUT2D eigenvalue weighted by Crippen LogP contribution is -2.57. The first kappa shape index (κ1) is 15.8. The minimum Gasteiger partial charge on any atom is -0.395 e. The van der Waals surface area contributed by atoms with Crippen LogP contribution in [0.1, 0.15) is 27.7 Å². The van der Waals surface area contributed by atoms with E-state index in [-0.39, 0.29) is 13.2 Å². The highest BCUT2D eigenvalue weighted by Gasteiger charge is 2.27. The van der Waals surface area contributed by atoms with Gasteiger partial charge in [0.1, 0.15) is 0 Å². The molecule has 16 heavy (non-hydrogen) atoms. The van der Waals surface area contributed by atoms with Gasteiger partial charge in [-0.05, 0) is 13.8 Å². The van der Waals surface area contributed by atoms with Gasteiger partial charge in [-0.1, -0.05) is 13.8 Å². The van der Waals surface area contributed by atoms with Crippen LogP contribution in [0.5, 0.6) is 0 Å². The van der Waals surface area contributed by atoms with E-state index in [9.17, 15) is 0 Å². The first-order valence-corrected chi connectivity index (χ1v) is 6.38. The average Bonchev–Trinajstić information content (AvgIpc) is 2.29. The van der Waals surface area contributed by atoms with Crippen LogP contribution in [-0.2, 0) is 0 Å². The number of piperazine rings is 1. The van der Waals surface area contributed by atoms with Crippen LogP contribution in [0.3, 0.4) is 0 Å². The quantitative estimate of drug-likeness (QED) is 0.736. The Morgan fingerprint density at radius 2 is 1.19 bits per heavy atom. The van der Waals surface area contributed by atoms with Gasteiger partial charge in [0.2, 0.25) is 0 Å². The lowest BCUT2D eigenvalue weighted by molar-refractivity contribution is 0.0242. The van der Waals surface area contributed by atoms with Gasteiger partial charge in [0, 0.05) is 38.3 Å². The van der Waals surface area contributed by atoms with E-state index in [0.29, 0.717) is 12.1 Å². The normalized spacial score (nSPS) is 27.4. The van der Waals surface area contributed by atoms with E-state index in [0.717, 1.165) is 26.2 Å². The van der Waals surface area contributed by atoms with Crippen molar-refractivity contribution >= 4 is 0 Å². The maximum atomic E-state index is 8.90. The van der Waals surface area contributed by atoms with Crippen LogP contribution in [0.25, 0.3) is 0 Å². The third-order valence-electron chi connectivity index (χ3n) is 3.02. The first-order valence-electron chi connectivity index (χ1n) is 6.38. The summed E-state index contributed by atoms with van der Waals surface area (Å²) >= 11 is 0. The van der Waals surface area contributed by atoms with Crippen LogP contribution in [0.2, 0.25) is 0 Å². The zero-order valence-corrected chi connectivity index (χ0v) is 11.2. The number of aliphatic hydroxyl groups excluding tert-OH is 2. The number of rotatable bonds is 4. The molecule has 0 radical (unpaired) electrons. The van der Waals surface area contributed by atoms with E-state index in [1.54, 1.807) is 0 Å². The summed E-state index contributed by atoms with van der Waals surface area (Å²) in [6.07, 6.45) is 0. The second-order valence-corrected chi connectivity index (χ2v) is 4.14. The highest BCUT2D eigenvalue weighted by Crippen LogP contribution is 2.13. The molecule has 98 valence electrons. The molecule has 0 saturated carbocycles. The van der Waals surface area contributed by atoms with Crippen LogP contribution in [0, 0.1) is 0 Å². The predicted molar refractivity (Wildman–Crippen MR) is 67.6 cm³/mol. The Balaban J connectivity index is 0.00000106. The van der Waals surface area contributed by atoms with Gasteiger partial charge < -0.3 is 10.2 Å². The summed E-state index contributed by atoms with van der Waals surface area (Å²) in [4.78, 5) is 4.61. The molecule has 0 amide bonds. The Morgan fingerprint density at radius 1 is 0.875 bits per heavy atom. The molecule has 2 N–H and O–H groups in total. The molecule has 2 unspecified atom stereocenters. The van der Waals surface area contributed by atoms with E-state index in [1.807, 2.05) is 13.8 Å². The van der Waals surface area contributed by atoms with Crippen molar-refractivity contribution in [1.82, 2.24) is 9.80 Å². The Kier molecular flexibility index (Phi) is 8.84. The van der Waals surface area contributed by atoms with Crippen molar-refractivity contribution in [1.29, 1.82) is 0 Å². The van der Waals surface area contributed by atoms with Crippen molar-refractivity contribution in [3.8, 4) is 0 Å². The summed E-state index contributed by atoms with van der Waals surface area (Å²) < 4.78 is 0. The van der Waals surface area contributed by atoms with Gasteiger partial charge in [0.05, 0.1) is 13.2 Å². The Hall–Kier alpha value is -0.160. The monoisotopic (exact) mass is 232 g/mol. The van der Waals surface area contributed by atoms with E-state index in [1.165, 1.54) is 0 Å². The fraction of sp³-hybridized carbons (Fsp3) is 1.00. The number of nitrogens with zero attached hydrogens (tertiary/aromatic N) is 2. The average molecular weight is 232 g/mol. The van der Waals surface area contributed by atoms with Crippen molar-refractivity contribution in [2.24, 2.45) is 0 Å². The molecular weight excluding hydrogens is 204 g/mol. The molecule has 0 bridgehead atoms. The molecule has 1 saturated heterocycles. The van der Waals surface area contributed by atoms with Crippen LogP contribution in [0.4, 0.5) is 0 Å². The molecule has 0 aromatic carbocycles. The summed E-state index contributed by atoms with van der Waals surface area (Å²) in [6.45, 7) is 12.3. The minimum absolute atomic E-state index is 0.233. The van der Waals surface area contributed by atoms with Crippen molar-refractivity contribution in [2.45, 2.75) is 39.8 Å². The van der Waals surface area contributed by atoms with Gasteiger partial charge >= 0.3 is 0 Å². The molecule has 1 heterocycles. The SMILES string of the molecule is CC.CC1CN(CCO)C(C)CN1CCO. The van der Waals surface area contributed by atoms with Crippen molar-refractivity contribution in [3.63, 3.8) is 0 Å². The van der Waals surface area contributed by atoms with Gasteiger partial charge in [-0.25, -0.2) is 0 Å². The molecule has 4 nitrogen and oxygen atoms in total. The fourth-order valence-electron chi connectivity index (χ4n) is 2.15. The van der Waals surface area contributed by atoms with Gasteiger partial charge in [0.15, 0.2) is 0 Å². The molecule has 0 aromatic rings. The number of hydrogen-bond acceptors (Lipinski definition) is 4. The Morgan fingerprint density at radius 3 is 1.44 bits per heavy atom. The maximum Gasteiger partial charge on any atom is 0.0558 e. The molecule has 2 atom stereocenters. The predicted octanol–water partition coefficient (Wildman–Crippen LogP) is 0.392. The summed E-state index contributed by atoms with van der Waals surface area (Å²) in [6, 6.07) is 0.954. The summed E-state index contributed by atoms with van der Waals surface area (Å²) in [5.41, 5.74) is 0. The zero-order valence-electron chi connectivity index (χ0n) is 11.2. The topological polar surface area (TPSA) is 46.9 Å². The molecule has 0 spiro atoms. The third-order valence-corrected chi connectivity index (χ3v) is 3.02.